The summed E-state index contributed by atoms with van der Waals surface area (Å²) in [5.74, 6) is -1.49. The number of rotatable bonds is 8. The highest BCUT2D eigenvalue weighted by Crippen LogP contribution is 2.33. The van der Waals surface area contributed by atoms with Gasteiger partial charge in [-0.05, 0) is 83.5 Å². The van der Waals surface area contributed by atoms with Crippen molar-refractivity contribution in [1.29, 1.82) is 0 Å². The summed E-state index contributed by atoms with van der Waals surface area (Å²) < 4.78 is 11.7. The number of methoxy groups -OCH3 is 1. The minimum absolute atomic E-state index is 0.296. The van der Waals surface area contributed by atoms with Crippen molar-refractivity contribution in [1.82, 2.24) is 5.43 Å². The number of carbonyl (C=O) groups is 3. The number of hydrogen-bond donors (Lipinski definition) is 3. The summed E-state index contributed by atoms with van der Waals surface area (Å²) in [4.78, 5) is 36.8. The second kappa shape index (κ2) is 13.4. The van der Waals surface area contributed by atoms with E-state index in [1.165, 1.54) is 13.3 Å². The lowest BCUT2D eigenvalue weighted by Crippen LogP contribution is -2.32. The predicted molar refractivity (Wildman–Crippen MR) is 157 cm³/mol. The zero-order valence-corrected chi connectivity index (χ0v) is 24.2. The number of nitrogens with zero attached hydrogens (tertiary/aromatic N) is 1. The Bertz CT molecular complexity index is 1370. The van der Waals surface area contributed by atoms with Crippen LogP contribution in [0.4, 0.5) is 11.4 Å². The van der Waals surface area contributed by atoms with Crippen molar-refractivity contribution in [3.63, 3.8) is 0 Å². The quantitative estimate of drug-likeness (QED) is 0.130. The Labute approximate surface area is 243 Å². The van der Waals surface area contributed by atoms with Crippen LogP contribution in [0.15, 0.2) is 53.6 Å². The zero-order chi connectivity index (χ0) is 27.8. The van der Waals surface area contributed by atoms with Crippen LogP contribution in [0.3, 0.4) is 0 Å². The molecule has 0 saturated carbocycles. The number of nitrogens with one attached hydrogen (secondary N) is 3. The van der Waals surface area contributed by atoms with E-state index in [9.17, 15) is 14.4 Å². The molecule has 0 spiro atoms. The number of anilines is 2. The number of para-hydroxylation sites is 1. The first kappa shape index (κ1) is 29.2. The SMILES string of the molecule is COc1cc(/C=N\NC(=O)C(=O)Nc2c(C)cccc2C)cc(I)c1OCC(=O)Nc1cc(Cl)cc(Cl)c1. The van der Waals surface area contributed by atoms with Gasteiger partial charge in [0.25, 0.3) is 5.91 Å². The summed E-state index contributed by atoms with van der Waals surface area (Å²) in [6.07, 6.45) is 1.36. The van der Waals surface area contributed by atoms with Crippen molar-refractivity contribution >= 4 is 81.1 Å². The predicted octanol–water partition coefficient (Wildman–Crippen LogP) is 5.33. The molecule has 0 saturated heterocycles. The first-order chi connectivity index (χ1) is 18.1. The summed E-state index contributed by atoms with van der Waals surface area (Å²) in [7, 11) is 1.45. The molecule has 12 heteroatoms. The molecule has 198 valence electrons. The van der Waals surface area contributed by atoms with E-state index >= 15 is 0 Å². The number of benzene rings is 3. The van der Waals surface area contributed by atoms with E-state index in [0.29, 0.717) is 42.1 Å². The van der Waals surface area contributed by atoms with Crippen LogP contribution in [0.25, 0.3) is 0 Å². The van der Waals surface area contributed by atoms with Gasteiger partial charge in [-0.2, -0.15) is 5.10 Å². The van der Waals surface area contributed by atoms with Crippen molar-refractivity contribution < 1.29 is 23.9 Å². The van der Waals surface area contributed by atoms with Crippen LogP contribution in [0, 0.1) is 17.4 Å². The summed E-state index contributed by atoms with van der Waals surface area (Å²) in [5, 5.41) is 9.90. The van der Waals surface area contributed by atoms with E-state index in [4.69, 9.17) is 32.7 Å². The Balaban J connectivity index is 1.60. The zero-order valence-electron chi connectivity index (χ0n) is 20.5. The Morgan fingerprint density at radius 1 is 0.974 bits per heavy atom. The number of hydrazone groups is 1. The van der Waals surface area contributed by atoms with Gasteiger partial charge in [0.15, 0.2) is 18.1 Å². The molecular weight excluding hydrogens is 646 g/mol. The second-order valence-corrected chi connectivity index (χ2v) is 9.98. The van der Waals surface area contributed by atoms with Crippen molar-refractivity contribution in [2.45, 2.75) is 13.8 Å². The standard InChI is InChI=1S/C26H23Cl2IN4O5/c1-14-5-4-6-15(2)23(14)32-25(35)26(36)33-30-12-16-7-20(29)24(21(8-16)37-3)38-13-22(34)31-19-10-17(27)9-18(28)11-19/h4-12H,13H2,1-3H3,(H,31,34)(H,32,35)(H,33,36)/b30-12-. The number of hydrogen-bond acceptors (Lipinski definition) is 6. The van der Waals surface area contributed by atoms with E-state index in [1.54, 1.807) is 30.3 Å². The van der Waals surface area contributed by atoms with Crippen molar-refractivity contribution in [3.05, 3.63) is 78.8 Å². The van der Waals surface area contributed by atoms with Gasteiger partial charge in [-0.1, -0.05) is 41.4 Å². The lowest BCUT2D eigenvalue weighted by atomic mass is 10.1. The van der Waals surface area contributed by atoms with Crippen molar-refractivity contribution in [2.75, 3.05) is 24.4 Å². The minimum atomic E-state index is -0.919. The number of carbonyl (C=O) groups excluding carboxylic acids is 3. The Hall–Kier alpha value is -3.35. The molecule has 3 N–H and O–H groups in total. The summed E-state index contributed by atoms with van der Waals surface area (Å²) >= 11 is 13.9. The molecule has 3 aromatic rings. The van der Waals surface area contributed by atoms with E-state index in [0.717, 1.165) is 11.1 Å². The summed E-state index contributed by atoms with van der Waals surface area (Å²) in [6.45, 7) is 3.38. The van der Waals surface area contributed by atoms with Gasteiger partial charge in [0.2, 0.25) is 0 Å². The van der Waals surface area contributed by atoms with Crippen LogP contribution in [-0.4, -0.2) is 37.7 Å². The Morgan fingerprint density at radius 3 is 2.26 bits per heavy atom. The van der Waals surface area contributed by atoms with Crippen LogP contribution in [0.2, 0.25) is 10.0 Å². The number of amides is 3. The molecule has 0 aliphatic heterocycles. The van der Waals surface area contributed by atoms with E-state index in [1.807, 2.05) is 54.6 Å². The Kier molecular flexibility index (Phi) is 10.3. The van der Waals surface area contributed by atoms with Crippen molar-refractivity contribution in [3.8, 4) is 11.5 Å². The first-order valence-electron chi connectivity index (χ1n) is 11.0. The summed E-state index contributed by atoms with van der Waals surface area (Å²) in [6, 6.07) is 13.5. The van der Waals surface area contributed by atoms with Crippen LogP contribution >= 0.6 is 45.8 Å². The molecule has 3 rings (SSSR count). The molecule has 3 amide bonds. The third kappa shape index (κ3) is 8.07. The molecule has 0 radical (unpaired) electrons. The molecule has 0 fully saturated rings. The molecule has 0 bridgehead atoms. The van der Waals surface area contributed by atoms with Crippen LogP contribution in [0.1, 0.15) is 16.7 Å². The minimum Gasteiger partial charge on any atom is -0.493 e. The highest BCUT2D eigenvalue weighted by atomic mass is 127. The highest BCUT2D eigenvalue weighted by molar-refractivity contribution is 14.1. The number of ether oxygens (including phenoxy) is 2. The fraction of sp³-hybridized carbons (Fsp3) is 0.154. The average molecular weight is 669 g/mol. The first-order valence-corrected chi connectivity index (χ1v) is 12.9. The van der Waals surface area contributed by atoms with Crippen LogP contribution < -0.4 is 25.5 Å². The largest absolute Gasteiger partial charge is 0.493 e. The normalized spacial score (nSPS) is 10.7. The Morgan fingerprint density at radius 2 is 1.63 bits per heavy atom. The van der Waals surface area contributed by atoms with Gasteiger partial charge < -0.3 is 20.1 Å². The molecule has 9 nitrogen and oxygen atoms in total. The topological polar surface area (TPSA) is 118 Å². The lowest BCUT2D eigenvalue weighted by molar-refractivity contribution is -0.136. The average Bonchev–Trinajstić information content (AvgIpc) is 2.84. The van der Waals surface area contributed by atoms with E-state index in [2.05, 4.69) is 21.2 Å². The molecule has 38 heavy (non-hydrogen) atoms. The monoisotopic (exact) mass is 668 g/mol. The molecule has 0 atom stereocenters. The van der Waals surface area contributed by atoms with Gasteiger partial charge in [0.05, 0.1) is 16.9 Å². The van der Waals surface area contributed by atoms with Gasteiger partial charge >= 0.3 is 11.8 Å². The fourth-order valence-electron chi connectivity index (χ4n) is 3.31. The van der Waals surface area contributed by atoms with E-state index in [-0.39, 0.29) is 6.61 Å². The highest BCUT2D eigenvalue weighted by Gasteiger charge is 2.16. The molecule has 0 aliphatic rings. The third-order valence-electron chi connectivity index (χ3n) is 5.05. The van der Waals surface area contributed by atoms with Gasteiger partial charge in [0, 0.05) is 21.4 Å². The van der Waals surface area contributed by atoms with Crippen LogP contribution in [0.5, 0.6) is 11.5 Å². The lowest BCUT2D eigenvalue weighted by Gasteiger charge is -2.14. The number of aryl methyl sites for hydroxylation is 2. The fourth-order valence-corrected chi connectivity index (χ4v) is 4.62. The smallest absolute Gasteiger partial charge is 0.329 e. The molecule has 0 unspecified atom stereocenters. The van der Waals surface area contributed by atoms with E-state index < -0.39 is 17.7 Å². The van der Waals surface area contributed by atoms with Gasteiger partial charge in [-0.25, -0.2) is 5.43 Å². The molecular formula is C26H23Cl2IN4O5. The molecule has 0 aromatic heterocycles. The molecule has 3 aromatic carbocycles. The van der Waals surface area contributed by atoms with Gasteiger partial charge in [-0.3, -0.25) is 14.4 Å². The maximum atomic E-state index is 12.3. The second-order valence-electron chi connectivity index (χ2n) is 7.95. The molecule has 0 heterocycles. The van der Waals surface area contributed by atoms with Gasteiger partial charge in [0.1, 0.15) is 0 Å². The van der Waals surface area contributed by atoms with Crippen LogP contribution in [-0.2, 0) is 14.4 Å². The maximum Gasteiger partial charge on any atom is 0.329 e. The number of halogens is 3. The maximum absolute atomic E-state index is 12.3. The summed E-state index contributed by atoms with van der Waals surface area (Å²) in [5.41, 5.74) is 5.46. The molecule has 0 aliphatic carbocycles. The van der Waals surface area contributed by atoms with Crippen molar-refractivity contribution in [2.24, 2.45) is 5.10 Å². The third-order valence-corrected chi connectivity index (χ3v) is 6.29. The van der Waals surface area contributed by atoms with Gasteiger partial charge in [-0.15, -0.1) is 0 Å².